The molecule has 0 bridgehead atoms. The van der Waals surface area contributed by atoms with Gasteiger partial charge in [0.15, 0.2) is 0 Å². The number of hydrogen-bond acceptors (Lipinski definition) is 6. The second-order valence-corrected chi connectivity index (χ2v) is 24.1. The van der Waals surface area contributed by atoms with Crippen molar-refractivity contribution in [2.75, 3.05) is 62.7 Å². The van der Waals surface area contributed by atoms with Crippen molar-refractivity contribution in [3.8, 4) is 22.3 Å². The predicted molar refractivity (Wildman–Crippen MR) is 335 cm³/mol. The van der Waals surface area contributed by atoms with E-state index in [1.807, 2.05) is 0 Å². The second kappa shape index (κ2) is 24.3. The molecule has 2 fully saturated rings. The Hall–Kier alpha value is -6.80. The van der Waals surface area contributed by atoms with Gasteiger partial charge in [0.05, 0.1) is 45.1 Å². The Labute approximate surface area is 483 Å². The van der Waals surface area contributed by atoms with Crippen molar-refractivity contribution in [2.24, 2.45) is 10.8 Å². The van der Waals surface area contributed by atoms with Crippen molar-refractivity contribution in [3.05, 3.63) is 226 Å². The second-order valence-electron chi connectivity index (χ2n) is 24.1. The van der Waals surface area contributed by atoms with Crippen LogP contribution >= 0.6 is 0 Å². The molecule has 6 nitrogen and oxygen atoms in total. The van der Waals surface area contributed by atoms with Crippen LogP contribution in [0.25, 0.3) is 22.3 Å². The van der Waals surface area contributed by atoms with Crippen LogP contribution in [0.1, 0.15) is 123 Å². The number of anilines is 6. The Kier molecular flexibility index (Phi) is 16.5. The molecule has 81 heavy (non-hydrogen) atoms. The van der Waals surface area contributed by atoms with Gasteiger partial charge >= 0.3 is 0 Å². The molecular weight excluding hydrogens is 993 g/mol. The zero-order valence-corrected chi connectivity index (χ0v) is 48.5. The van der Waals surface area contributed by atoms with Gasteiger partial charge in [-0.1, -0.05) is 160 Å². The lowest BCUT2D eigenvalue weighted by Crippen LogP contribution is -2.45. The Morgan fingerprint density at radius 1 is 0.370 bits per heavy atom. The number of hydrogen-bond donors (Lipinski definition) is 0. The summed E-state index contributed by atoms with van der Waals surface area (Å²) in [5.74, 6) is 0. The van der Waals surface area contributed by atoms with E-state index in [9.17, 15) is 0 Å². The SMILES string of the molecule is CCC1(COCCCCCCc2ccc(N(c3ccc(C)cc3)c3ccc4c(c3)C3(c5ccccc5-c5ccccc53)c3cc(N(c5ccc(C)cc5)c5ccc(CCCCCCOCC6(CC)COC6)cc5)ccc3-4)cc2)COC1. The van der Waals surface area contributed by atoms with Crippen LogP contribution in [0.2, 0.25) is 0 Å². The highest BCUT2D eigenvalue weighted by Crippen LogP contribution is 2.64. The minimum atomic E-state index is -0.555. The zero-order valence-electron chi connectivity index (χ0n) is 48.5. The fraction of sp³-hybridized carbons (Fsp3) is 0.360. The Balaban J connectivity index is 0.833. The standard InChI is InChI=1S/C75H82N2O4/c1-5-73(51-80-52-73)49-78-45-17-9-7-11-19-57-29-37-61(38-30-57)76(59-33-25-55(3)26-34-59)63-41-43-67-68-44-42-64(48-72(68)75(71(67)47-63)69-23-15-13-21-65(69)66-22-14-16-24-70(66)75)77(60-35-27-56(4)28-36-60)62-39-31-58(32-40-62)20-12-8-10-18-46-79-50-74(6-2)53-81-54-74/h13-16,21-44,47-48H,5-12,17-20,45-46,49-54H2,1-4H3. The quantitative estimate of drug-likeness (QED) is 0.0504. The van der Waals surface area contributed by atoms with Crippen molar-refractivity contribution < 1.29 is 18.9 Å². The van der Waals surface area contributed by atoms with Crippen LogP contribution in [0, 0.1) is 24.7 Å². The fourth-order valence-electron chi connectivity index (χ4n) is 13.2. The molecule has 1 spiro atoms. The number of rotatable bonds is 26. The van der Waals surface area contributed by atoms with Crippen LogP contribution in [-0.4, -0.2) is 52.9 Å². The zero-order chi connectivity index (χ0) is 55.2. The maximum Gasteiger partial charge on any atom is 0.0727 e. The highest BCUT2D eigenvalue weighted by Gasteiger charge is 2.52. The highest BCUT2D eigenvalue weighted by atomic mass is 16.5. The molecule has 8 aromatic carbocycles. The molecule has 6 heteroatoms. The van der Waals surface area contributed by atoms with Crippen LogP contribution in [0.3, 0.4) is 0 Å². The molecule has 0 amide bonds. The molecular formula is C75H82N2O4. The summed E-state index contributed by atoms with van der Waals surface area (Å²) in [6.45, 7) is 15.6. The van der Waals surface area contributed by atoms with Crippen LogP contribution < -0.4 is 9.80 Å². The lowest BCUT2D eigenvalue weighted by molar-refractivity contribution is -0.150. The number of unbranched alkanes of at least 4 members (excludes halogenated alkanes) is 6. The Bertz CT molecular complexity index is 3150. The largest absolute Gasteiger partial charge is 0.381 e. The molecule has 2 saturated heterocycles. The van der Waals surface area contributed by atoms with Crippen LogP contribution in [0.5, 0.6) is 0 Å². The molecule has 0 atom stereocenters. The maximum absolute atomic E-state index is 6.10. The van der Waals surface area contributed by atoms with Gasteiger partial charge in [0.2, 0.25) is 0 Å². The van der Waals surface area contributed by atoms with E-state index >= 15 is 0 Å². The maximum atomic E-state index is 6.10. The minimum Gasteiger partial charge on any atom is -0.381 e. The van der Waals surface area contributed by atoms with Crippen molar-refractivity contribution >= 4 is 34.1 Å². The molecule has 2 heterocycles. The topological polar surface area (TPSA) is 43.4 Å². The summed E-state index contributed by atoms with van der Waals surface area (Å²) in [5, 5.41) is 0. The molecule has 2 aliphatic heterocycles. The molecule has 0 radical (unpaired) electrons. The first kappa shape index (κ1) is 54.8. The molecule has 2 aliphatic carbocycles. The first-order chi connectivity index (χ1) is 39.8. The summed E-state index contributed by atoms with van der Waals surface area (Å²) in [6, 6.07) is 69.7. The fourth-order valence-corrected chi connectivity index (χ4v) is 13.2. The molecule has 416 valence electrons. The van der Waals surface area contributed by atoms with Crippen molar-refractivity contribution in [2.45, 2.75) is 110 Å². The van der Waals surface area contributed by atoms with Crippen molar-refractivity contribution in [1.82, 2.24) is 0 Å². The molecule has 4 aliphatic rings. The third-order valence-corrected chi connectivity index (χ3v) is 18.5. The van der Waals surface area contributed by atoms with Gasteiger partial charge in [-0.3, -0.25) is 0 Å². The molecule has 0 unspecified atom stereocenters. The number of nitrogens with zero attached hydrogens (tertiary/aromatic N) is 2. The lowest BCUT2D eigenvalue weighted by Gasteiger charge is -2.40. The van der Waals surface area contributed by atoms with Gasteiger partial charge in [-0.05, 0) is 194 Å². The Morgan fingerprint density at radius 2 is 0.716 bits per heavy atom. The first-order valence-corrected chi connectivity index (χ1v) is 30.5. The third kappa shape index (κ3) is 11.1. The number of fused-ring (bicyclic) bond motifs is 10. The molecule has 8 aromatic rings. The normalized spacial score (nSPS) is 15.6. The number of ether oxygens (including phenoxy) is 4. The van der Waals surface area contributed by atoms with E-state index in [1.54, 1.807) is 0 Å². The van der Waals surface area contributed by atoms with Gasteiger partial charge in [0.25, 0.3) is 0 Å². The molecule has 12 rings (SSSR count). The van der Waals surface area contributed by atoms with E-state index < -0.39 is 5.41 Å². The highest BCUT2D eigenvalue weighted by molar-refractivity contribution is 5.97. The smallest absolute Gasteiger partial charge is 0.0727 e. The monoisotopic (exact) mass is 1070 g/mol. The summed E-state index contributed by atoms with van der Waals surface area (Å²) >= 11 is 0. The summed E-state index contributed by atoms with van der Waals surface area (Å²) in [4.78, 5) is 4.92. The van der Waals surface area contributed by atoms with Crippen LogP contribution in [-0.2, 0) is 37.2 Å². The van der Waals surface area contributed by atoms with Gasteiger partial charge in [0, 0.05) is 58.2 Å². The average molecular weight is 1080 g/mol. The third-order valence-electron chi connectivity index (χ3n) is 18.5. The summed E-state index contributed by atoms with van der Waals surface area (Å²) < 4.78 is 23.2. The van der Waals surface area contributed by atoms with E-state index in [4.69, 9.17) is 18.9 Å². The van der Waals surface area contributed by atoms with Gasteiger partial charge < -0.3 is 28.7 Å². The van der Waals surface area contributed by atoms with Gasteiger partial charge in [-0.25, -0.2) is 0 Å². The Morgan fingerprint density at radius 3 is 1.09 bits per heavy atom. The van der Waals surface area contributed by atoms with E-state index in [2.05, 4.69) is 219 Å². The lowest BCUT2D eigenvalue weighted by atomic mass is 9.70. The van der Waals surface area contributed by atoms with E-state index in [-0.39, 0.29) is 10.8 Å². The van der Waals surface area contributed by atoms with Crippen LogP contribution in [0.4, 0.5) is 34.1 Å². The summed E-state index contributed by atoms with van der Waals surface area (Å²) in [5.41, 5.74) is 22.6. The molecule has 0 saturated carbocycles. The minimum absolute atomic E-state index is 0.260. The van der Waals surface area contributed by atoms with E-state index in [1.165, 1.54) is 105 Å². The predicted octanol–water partition coefficient (Wildman–Crippen LogP) is 18.7. The van der Waals surface area contributed by atoms with Crippen molar-refractivity contribution in [3.63, 3.8) is 0 Å². The number of aryl methyl sites for hydroxylation is 4. The van der Waals surface area contributed by atoms with Crippen LogP contribution in [0.15, 0.2) is 182 Å². The van der Waals surface area contributed by atoms with Crippen molar-refractivity contribution in [1.29, 1.82) is 0 Å². The first-order valence-electron chi connectivity index (χ1n) is 30.5. The average Bonchev–Trinajstić information content (AvgIpc) is 2.39. The summed E-state index contributed by atoms with van der Waals surface area (Å²) in [6.07, 6.45) is 13.8. The summed E-state index contributed by atoms with van der Waals surface area (Å²) in [7, 11) is 0. The van der Waals surface area contributed by atoms with Gasteiger partial charge in [-0.15, -0.1) is 0 Å². The van der Waals surface area contributed by atoms with E-state index in [0.29, 0.717) is 0 Å². The number of benzene rings is 8. The molecule has 0 N–H and O–H groups in total. The van der Waals surface area contributed by atoms with Gasteiger partial charge in [-0.2, -0.15) is 0 Å². The van der Waals surface area contributed by atoms with Gasteiger partial charge in [0.1, 0.15) is 0 Å². The van der Waals surface area contributed by atoms with E-state index in [0.717, 1.165) is 126 Å². The molecule has 0 aromatic heterocycles.